The summed E-state index contributed by atoms with van der Waals surface area (Å²) in [7, 11) is 0. The monoisotopic (exact) mass is 194 g/mol. The van der Waals surface area contributed by atoms with E-state index in [0.717, 1.165) is 30.1 Å². The van der Waals surface area contributed by atoms with E-state index in [4.69, 9.17) is 15.0 Å². The van der Waals surface area contributed by atoms with Crippen molar-refractivity contribution in [1.82, 2.24) is 5.43 Å². The van der Waals surface area contributed by atoms with Gasteiger partial charge in [-0.25, -0.2) is 5.43 Å². The first kappa shape index (κ1) is 9.30. The Morgan fingerprint density at radius 1 is 1.57 bits per heavy atom. The highest BCUT2D eigenvalue weighted by Crippen LogP contribution is 2.28. The zero-order chi connectivity index (χ0) is 9.97. The Kier molecular flexibility index (Phi) is 2.56. The van der Waals surface area contributed by atoms with E-state index in [1.54, 1.807) is 6.26 Å². The van der Waals surface area contributed by atoms with Crippen LogP contribution in [0.2, 0.25) is 0 Å². The van der Waals surface area contributed by atoms with Crippen molar-refractivity contribution in [3.05, 3.63) is 35.5 Å². The lowest BCUT2D eigenvalue weighted by molar-refractivity contribution is 0.215. The van der Waals surface area contributed by atoms with E-state index in [9.17, 15) is 0 Å². The third-order valence-electron chi connectivity index (χ3n) is 2.39. The van der Waals surface area contributed by atoms with E-state index in [2.05, 4.69) is 11.5 Å². The van der Waals surface area contributed by atoms with Gasteiger partial charge in [-0.1, -0.05) is 0 Å². The van der Waals surface area contributed by atoms with Crippen LogP contribution >= 0.6 is 0 Å². The Morgan fingerprint density at radius 3 is 2.93 bits per heavy atom. The molecule has 1 aromatic rings. The van der Waals surface area contributed by atoms with Gasteiger partial charge in [-0.05, 0) is 19.1 Å². The van der Waals surface area contributed by atoms with Gasteiger partial charge in [-0.3, -0.25) is 5.84 Å². The average Bonchev–Trinajstić information content (AvgIpc) is 2.80. The van der Waals surface area contributed by atoms with Gasteiger partial charge < -0.3 is 9.15 Å². The number of ether oxygens (including phenoxy) is 1. The predicted molar refractivity (Wildman–Crippen MR) is 52.2 cm³/mol. The van der Waals surface area contributed by atoms with Crippen LogP contribution in [-0.4, -0.2) is 6.61 Å². The van der Waals surface area contributed by atoms with Crippen LogP contribution in [0.1, 0.15) is 23.8 Å². The number of nitrogens with one attached hydrogen (secondary N) is 1. The van der Waals surface area contributed by atoms with Gasteiger partial charge >= 0.3 is 0 Å². The van der Waals surface area contributed by atoms with Crippen molar-refractivity contribution < 1.29 is 9.15 Å². The molecule has 0 aliphatic carbocycles. The second kappa shape index (κ2) is 3.86. The van der Waals surface area contributed by atoms with Crippen LogP contribution in [0, 0.1) is 6.92 Å². The summed E-state index contributed by atoms with van der Waals surface area (Å²) in [6.45, 7) is 2.65. The standard InChI is InChI=1S/C10H14N2O2/c1-7-8(4-6-13-7)10(12-11)9-3-2-5-14-9/h3-4,6,10,12H,2,5,11H2,1H3. The quantitative estimate of drug-likeness (QED) is 0.564. The molecule has 1 aliphatic rings. The van der Waals surface area contributed by atoms with Gasteiger partial charge in [0.05, 0.1) is 12.9 Å². The second-order valence-corrected chi connectivity index (χ2v) is 3.28. The average molecular weight is 194 g/mol. The van der Waals surface area contributed by atoms with E-state index in [0.29, 0.717) is 0 Å². The Balaban J connectivity index is 2.25. The summed E-state index contributed by atoms with van der Waals surface area (Å²) in [6.07, 6.45) is 4.66. The van der Waals surface area contributed by atoms with E-state index in [1.807, 2.05) is 13.0 Å². The number of hydrogen-bond acceptors (Lipinski definition) is 4. The molecule has 2 heterocycles. The summed E-state index contributed by atoms with van der Waals surface area (Å²) in [5.74, 6) is 7.25. The third-order valence-corrected chi connectivity index (χ3v) is 2.39. The summed E-state index contributed by atoms with van der Waals surface area (Å²) in [6, 6.07) is 1.82. The summed E-state index contributed by atoms with van der Waals surface area (Å²) in [5.41, 5.74) is 3.76. The summed E-state index contributed by atoms with van der Waals surface area (Å²) in [4.78, 5) is 0. The normalized spacial score (nSPS) is 17.7. The van der Waals surface area contributed by atoms with E-state index in [-0.39, 0.29) is 6.04 Å². The lowest BCUT2D eigenvalue weighted by Gasteiger charge is -2.16. The first-order valence-electron chi connectivity index (χ1n) is 4.66. The highest BCUT2D eigenvalue weighted by molar-refractivity contribution is 5.27. The summed E-state index contributed by atoms with van der Waals surface area (Å²) in [5, 5.41) is 0. The van der Waals surface area contributed by atoms with Crippen molar-refractivity contribution in [2.24, 2.45) is 5.84 Å². The van der Waals surface area contributed by atoms with Crippen molar-refractivity contribution in [1.29, 1.82) is 0 Å². The largest absolute Gasteiger partial charge is 0.496 e. The molecule has 0 saturated heterocycles. The first-order valence-corrected chi connectivity index (χ1v) is 4.66. The number of aryl methyl sites for hydroxylation is 1. The molecule has 0 bridgehead atoms. The Morgan fingerprint density at radius 2 is 2.43 bits per heavy atom. The molecule has 0 saturated carbocycles. The second-order valence-electron chi connectivity index (χ2n) is 3.28. The van der Waals surface area contributed by atoms with Gasteiger partial charge in [0.1, 0.15) is 17.6 Å². The minimum absolute atomic E-state index is 0.0868. The maximum atomic E-state index is 5.50. The van der Waals surface area contributed by atoms with Gasteiger partial charge in [0.2, 0.25) is 0 Å². The van der Waals surface area contributed by atoms with Gasteiger partial charge in [0.25, 0.3) is 0 Å². The highest BCUT2D eigenvalue weighted by Gasteiger charge is 2.22. The van der Waals surface area contributed by atoms with Crippen LogP contribution in [0.5, 0.6) is 0 Å². The molecule has 0 aromatic carbocycles. The number of rotatable bonds is 3. The topological polar surface area (TPSA) is 60.4 Å². The van der Waals surface area contributed by atoms with Crippen LogP contribution in [0.15, 0.2) is 28.6 Å². The zero-order valence-corrected chi connectivity index (χ0v) is 8.12. The molecule has 1 unspecified atom stereocenters. The lowest BCUT2D eigenvalue weighted by atomic mass is 10.1. The number of hydrogen-bond donors (Lipinski definition) is 2. The van der Waals surface area contributed by atoms with Gasteiger partial charge in [-0.2, -0.15) is 0 Å². The van der Waals surface area contributed by atoms with Crippen molar-refractivity contribution >= 4 is 0 Å². The fraction of sp³-hybridized carbons (Fsp3) is 0.400. The molecule has 4 nitrogen and oxygen atoms in total. The fourth-order valence-electron chi connectivity index (χ4n) is 1.66. The summed E-state index contributed by atoms with van der Waals surface area (Å²) < 4.78 is 10.7. The number of nitrogens with two attached hydrogens (primary N) is 1. The molecule has 3 N–H and O–H groups in total. The van der Waals surface area contributed by atoms with E-state index in [1.165, 1.54) is 0 Å². The molecule has 1 aromatic heterocycles. The zero-order valence-electron chi connectivity index (χ0n) is 8.12. The maximum absolute atomic E-state index is 5.50. The SMILES string of the molecule is Cc1occc1C(NN)C1=CCCO1. The molecule has 14 heavy (non-hydrogen) atoms. The van der Waals surface area contributed by atoms with Crippen LogP contribution in [0.4, 0.5) is 0 Å². The molecular formula is C10H14N2O2. The van der Waals surface area contributed by atoms with E-state index < -0.39 is 0 Å². The molecule has 0 fully saturated rings. The highest BCUT2D eigenvalue weighted by atomic mass is 16.5. The van der Waals surface area contributed by atoms with Crippen LogP contribution in [0.25, 0.3) is 0 Å². The smallest absolute Gasteiger partial charge is 0.115 e. The fourth-order valence-corrected chi connectivity index (χ4v) is 1.66. The molecule has 1 aliphatic heterocycles. The van der Waals surface area contributed by atoms with Crippen molar-refractivity contribution in [2.75, 3.05) is 6.61 Å². The lowest BCUT2D eigenvalue weighted by Crippen LogP contribution is -2.29. The van der Waals surface area contributed by atoms with Crippen molar-refractivity contribution in [3.63, 3.8) is 0 Å². The van der Waals surface area contributed by atoms with Gasteiger partial charge in [0.15, 0.2) is 0 Å². The Bertz CT molecular complexity index is 344. The summed E-state index contributed by atoms with van der Waals surface area (Å²) >= 11 is 0. The van der Waals surface area contributed by atoms with Crippen LogP contribution in [0.3, 0.4) is 0 Å². The Hall–Kier alpha value is -1.26. The molecule has 0 spiro atoms. The maximum Gasteiger partial charge on any atom is 0.115 e. The van der Waals surface area contributed by atoms with Crippen LogP contribution in [-0.2, 0) is 4.74 Å². The van der Waals surface area contributed by atoms with E-state index >= 15 is 0 Å². The Labute approximate surface area is 82.7 Å². The van der Waals surface area contributed by atoms with Gasteiger partial charge in [-0.15, -0.1) is 0 Å². The molecule has 2 rings (SSSR count). The molecule has 0 radical (unpaired) electrons. The van der Waals surface area contributed by atoms with Gasteiger partial charge in [0, 0.05) is 12.0 Å². The number of hydrazine groups is 1. The third kappa shape index (κ3) is 1.54. The molecule has 1 atom stereocenters. The minimum atomic E-state index is -0.0868. The van der Waals surface area contributed by atoms with Crippen molar-refractivity contribution in [2.45, 2.75) is 19.4 Å². The molecular weight excluding hydrogens is 180 g/mol. The molecule has 0 amide bonds. The minimum Gasteiger partial charge on any atom is -0.496 e. The number of furan rings is 1. The molecule has 4 heteroatoms. The first-order chi connectivity index (χ1) is 6.83. The van der Waals surface area contributed by atoms with Crippen LogP contribution < -0.4 is 11.3 Å². The molecule has 76 valence electrons. The predicted octanol–water partition coefficient (Wildman–Crippen LogP) is 1.40. The van der Waals surface area contributed by atoms with Crippen molar-refractivity contribution in [3.8, 4) is 0 Å².